The molecule has 5 nitrogen and oxygen atoms in total. The van der Waals surface area contributed by atoms with Crippen molar-refractivity contribution in [3.8, 4) is 0 Å². The van der Waals surface area contributed by atoms with Crippen molar-refractivity contribution in [2.75, 3.05) is 16.3 Å². The monoisotopic (exact) mass is 362 g/mol. The van der Waals surface area contributed by atoms with Crippen LogP contribution in [0.25, 0.3) is 0 Å². The summed E-state index contributed by atoms with van der Waals surface area (Å²) in [6, 6.07) is 7.64. The molecule has 2 N–H and O–H groups in total. The highest BCUT2D eigenvalue weighted by Gasteiger charge is 2.09. The maximum Gasteiger partial charge on any atom is 0.229 e. The van der Waals surface area contributed by atoms with Crippen molar-refractivity contribution in [3.63, 3.8) is 0 Å². The van der Waals surface area contributed by atoms with Crippen molar-refractivity contribution in [2.45, 2.75) is 6.54 Å². The van der Waals surface area contributed by atoms with E-state index in [1.807, 2.05) is 0 Å². The predicted octanol–water partition coefficient (Wildman–Crippen LogP) is 3.16. The summed E-state index contributed by atoms with van der Waals surface area (Å²) in [4.78, 5) is 0. The van der Waals surface area contributed by atoms with Gasteiger partial charge in [-0.25, -0.2) is 12.8 Å². The van der Waals surface area contributed by atoms with Gasteiger partial charge < -0.3 is 9.73 Å². The average Bonchev–Trinajstić information content (AvgIpc) is 2.74. The van der Waals surface area contributed by atoms with E-state index in [1.54, 1.807) is 12.1 Å². The first-order valence-corrected chi connectivity index (χ1v) is 8.27. The van der Waals surface area contributed by atoms with Crippen LogP contribution in [0.15, 0.2) is 39.4 Å². The Hall–Kier alpha value is -1.54. The summed E-state index contributed by atoms with van der Waals surface area (Å²) in [5, 5.41) is 3.01. The number of sulfonamides is 1. The summed E-state index contributed by atoms with van der Waals surface area (Å²) < 4.78 is 43.8. The van der Waals surface area contributed by atoms with Crippen LogP contribution in [0.2, 0.25) is 0 Å². The van der Waals surface area contributed by atoms with Crippen molar-refractivity contribution >= 4 is 37.3 Å². The highest BCUT2D eigenvalue weighted by molar-refractivity contribution is 9.10. The molecule has 0 saturated heterocycles. The van der Waals surface area contributed by atoms with Gasteiger partial charge in [-0.15, -0.1) is 0 Å². The smallest absolute Gasteiger partial charge is 0.229 e. The molecule has 2 aromatic rings. The molecular formula is C12H12BrFN2O3S. The van der Waals surface area contributed by atoms with E-state index in [0.29, 0.717) is 22.7 Å². The second-order valence-corrected chi connectivity index (χ2v) is 6.66. The molecule has 108 valence electrons. The molecule has 1 aromatic heterocycles. The Labute approximate surface area is 124 Å². The van der Waals surface area contributed by atoms with Crippen molar-refractivity contribution in [2.24, 2.45) is 0 Å². The zero-order valence-electron chi connectivity index (χ0n) is 10.5. The molecule has 0 aliphatic carbocycles. The Morgan fingerprint density at radius 2 is 2.05 bits per heavy atom. The molecule has 0 bridgehead atoms. The van der Waals surface area contributed by atoms with Crippen LogP contribution >= 0.6 is 15.9 Å². The first-order chi connectivity index (χ1) is 9.33. The Balaban J connectivity index is 2.11. The van der Waals surface area contributed by atoms with Gasteiger partial charge in [0, 0.05) is 5.69 Å². The molecule has 0 spiro atoms. The minimum absolute atomic E-state index is 0.0990. The zero-order chi connectivity index (χ0) is 14.8. The molecule has 20 heavy (non-hydrogen) atoms. The Morgan fingerprint density at radius 3 is 2.65 bits per heavy atom. The standard InChI is InChI=1S/C12H12BrFN2O3S/c1-20(17,18)16-11-6-8(2-4-10(11)14)15-7-9-3-5-12(13)19-9/h2-6,15-16H,7H2,1H3. The van der Waals surface area contributed by atoms with Crippen LogP contribution in [0.5, 0.6) is 0 Å². The lowest BCUT2D eigenvalue weighted by Crippen LogP contribution is -2.11. The minimum atomic E-state index is -3.52. The second kappa shape index (κ2) is 5.84. The molecule has 2 rings (SSSR count). The largest absolute Gasteiger partial charge is 0.452 e. The van der Waals surface area contributed by atoms with E-state index in [2.05, 4.69) is 26.0 Å². The number of halogens is 2. The summed E-state index contributed by atoms with van der Waals surface area (Å²) in [5.41, 5.74) is 0.475. The molecule has 0 atom stereocenters. The quantitative estimate of drug-likeness (QED) is 0.856. The zero-order valence-corrected chi connectivity index (χ0v) is 12.9. The van der Waals surface area contributed by atoms with Gasteiger partial charge in [0.25, 0.3) is 0 Å². The van der Waals surface area contributed by atoms with E-state index in [4.69, 9.17) is 4.42 Å². The molecule has 8 heteroatoms. The van der Waals surface area contributed by atoms with Crippen LogP contribution in [0, 0.1) is 5.82 Å². The van der Waals surface area contributed by atoms with Crippen LogP contribution in [0.1, 0.15) is 5.76 Å². The predicted molar refractivity (Wildman–Crippen MR) is 78.6 cm³/mol. The van der Waals surface area contributed by atoms with Crippen molar-refractivity contribution in [3.05, 3.63) is 46.6 Å². The molecule has 0 amide bonds. The first kappa shape index (κ1) is 14.9. The van der Waals surface area contributed by atoms with E-state index >= 15 is 0 Å². The maximum atomic E-state index is 13.5. The minimum Gasteiger partial charge on any atom is -0.452 e. The lowest BCUT2D eigenvalue weighted by molar-refractivity contribution is 0.495. The van der Waals surface area contributed by atoms with E-state index in [1.165, 1.54) is 18.2 Å². The van der Waals surface area contributed by atoms with Crippen LogP contribution < -0.4 is 10.0 Å². The number of rotatable bonds is 5. The molecular weight excluding hydrogens is 351 g/mol. The fourth-order valence-corrected chi connectivity index (χ4v) is 2.45. The molecule has 0 saturated carbocycles. The summed E-state index contributed by atoms with van der Waals surface area (Å²) in [7, 11) is -3.52. The highest BCUT2D eigenvalue weighted by Crippen LogP contribution is 2.21. The van der Waals surface area contributed by atoms with Gasteiger partial charge in [-0.3, -0.25) is 4.72 Å². The van der Waals surface area contributed by atoms with E-state index in [9.17, 15) is 12.8 Å². The number of hydrogen-bond donors (Lipinski definition) is 2. The van der Waals surface area contributed by atoms with Gasteiger partial charge in [0.05, 0.1) is 18.5 Å². The first-order valence-electron chi connectivity index (χ1n) is 5.59. The van der Waals surface area contributed by atoms with Crippen LogP contribution in [-0.4, -0.2) is 14.7 Å². The van der Waals surface area contributed by atoms with Crippen molar-refractivity contribution in [1.82, 2.24) is 0 Å². The summed E-state index contributed by atoms with van der Waals surface area (Å²) in [5.74, 6) is 0.0561. The summed E-state index contributed by atoms with van der Waals surface area (Å²) in [6.07, 6.45) is 0.965. The third-order valence-corrected chi connectivity index (χ3v) is 3.37. The molecule has 0 aliphatic rings. The van der Waals surface area contributed by atoms with Gasteiger partial charge in [-0.1, -0.05) is 0 Å². The number of hydrogen-bond acceptors (Lipinski definition) is 4. The summed E-state index contributed by atoms with van der Waals surface area (Å²) in [6.45, 7) is 0.398. The van der Waals surface area contributed by atoms with E-state index < -0.39 is 15.8 Å². The van der Waals surface area contributed by atoms with Crippen molar-refractivity contribution < 1.29 is 17.2 Å². The fraction of sp³-hybridized carbons (Fsp3) is 0.167. The number of furan rings is 1. The molecule has 0 aliphatic heterocycles. The van der Waals surface area contributed by atoms with Crippen LogP contribution in [0.4, 0.5) is 15.8 Å². The Bertz CT molecular complexity index is 715. The van der Waals surface area contributed by atoms with Gasteiger partial charge in [-0.05, 0) is 46.3 Å². The van der Waals surface area contributed by atoms with E-state index in [0.717, 1.165) is 6.26 Å². The maximum absolute atomic E-state index is 13.5. The number of anilines is 2. The number of benzene rings is 1. The van der Waals surface area contributed by atoms with Crippen LogP contribution in [0.3, 0.4) is 0 Å². The molecule has 1 heterocycles. The molecule has 1 aromatic carbocycles. The van der Waals surface area contributed by atoms with E-state index in [-0.39, 0.29) is 5.69 Å². The third-order valence-electron chi connectivity index (χ3n) is 2.36. The summed E-state index contributed by atoms with van der Waals surface area (Å²) >= 11 is 3.19. The van der Waals surface area contributed by atoms with Gasteiger partial charge in [-0.2, -0.15) is 0 Å². The Morgan fingerprint density at radius 1 is 1.30 bits per heavy atom. The molecule has 0 radical (unpaired) electrons. The fourth-order valence-electron chi connectivity index (χ4n) is 1.55. The SMILES string of the molecule is CS(=O)(=O)Nc1cc(NCc2ccc(Br)o2)ccc1F. The average molecular weight is 363 g/mol. The van der Waals surface area contributed by atoms with Gasteiger partial charge in [0.2, 0.25) is 10.0 Å². The number of nitrogens with one attached hydrogen (secondary N) is 2. The van der Waals surface area contributed by atoms with Crippen LogP contribution in [-0.2, 0) is 16.6 Å². The van der Waals surface area contributed by atoms with Gasteiger partial charge >= 0.3 is 0 Å². The molecule has 0 unspecified atom stereocenters. The second-order valence-electron chi connectivity index (χ2n) is 4.13. The van der Waals surface area contributed by atoms with Gasteiger partial charge in [0.15, 0.2) is 4.67 Å². The third kappa shape index (κ3) is 4.24. The lowest BCUT2D eigenvalue weighted by atomic mass is 10.2. The normalized spacial score (nSPS) is 11.3. The van der Waals surface area contributed by atoms with Crippen molar-refractivity contribution in [1.29, 1.82) is 0 Å². The van der Waals surface area contributed by atoms with Gasteiger partial charge in [0.1, 0.15) is 11.6 Å². The molecule has 0 fully saturated rings. The lowest BCUT2D eigenvalue weighted by Gasteiger charge is -2.09. The highest BCUT2D eigenvalue weighted by atomic mass is 79.9. The topological polar surface area (TPSA) is 71.3 Å². The Kier molecular flexibility index (Phi) is 4.34.